The van der Waals surface area contributed by atoms with Crippen LogP contribution in [0.15, 0.2) is 91.0 Å². The van der Waals surface area contributed by atoms with Crippen LogP contribution in [0, 0.1) is 6.92 Å². The van der Waals surface area contributed by atoms with Crippen molar-refractivity contribution < 1.29 is 13.2 Å². The van der Waals surface area contributed by atoms with Gasteiger partial charge in [-0.1, -0.05) is 72.8 Å². The van der Waals surface area contributed by atoms with E-state index in [2.05, 4.69) is 4.57 Å². The average Bonchev–Trinajstić information content (AvgIpc) is 3.07. The van der Waals surface area contributed by atoms with Gasteiger partial charge in [-0.3, -0.25) is 0 Å². The standard InChI is InChI=1S/C26H18F3N/c1-17-9-8-13-21(25(17)26(27,28)29)20-12-4-7-16-24(20)30-22-14-5-2-10-18(22)19-11-3-6-15-23(19)30/h2-16H,1H3. The fourth-order valence-electron chi connectivity index (χ4n) is 4.35. The fourth-order valence-corrected chi connectivity index (χ4v) is 4.35. The van der Waals surface area contributed by atoms with E-state index in [4.69, 9.17) is 0 Å². The minimum Gasteiger partial charge on any atom is -0.309 e. The third-order valence-electron chi connectivity index (χ3n) is 5.57. The van der Waals surface area contributed by atoms with Gasteiger partial charge in [0.15, 0.2) is 0 Å². The summed E-state index contributed by atoms with van der Waals surface area (Å²) >= 11 is 0. The Balaban J connectivity index is 1.90. The van der Waals surface area contributed by atoms with Crippen molar-refractivity contribution in [3.05, 3.63) is 102 Å². The summed E-state index contributed by atoms with van der Waals surface area (Å²) in [5.41, 5.74) is 3.04. The molecule has 0 bridgehead atoms. The number of aryl methyl sites for hydroxylation is 1. The lowest BCUT2D eigenvalue weighted by atomic mass is 9.94. The second-order valence-corrected chi connectivity index (χ2v) is 7.38. The lowest BCUT2D eigenvalue weighted by Crippen LogP contribution is -2.10. The summed E-state index contributed by atoms with van der Waals surface area (Å²) < 4.78 is 44.0. The molecular weight excluding hydrogens is 383 g/mol. The quantitative estimate of drug-likeness (QED) is 0.285. The number of alkyl halides is 3. The highest BCUT2D eigenvalue weighted by molar-refractivity contribution is 6.09. The van der Waals surface area contributed by atoms with Crippen molar-refractivity contribution in [2.45, 2.75) is 13.1 Å². The summed E-state index contributed by atoms with van der Waals surface area (Å²) in [7, 11) is 0. The number of halogens is 3. The molecule has 0 aliphatic carbocycles. The maximum absolute atomic E-state index is 14.0. The number of hydrogen-bond acceptors (Lipinski definition) is 0. The summed E-state index contributed by atoms with van der Waals surface area (Å²) in [6.45, 7) is 1.51. The molecule has 5 rings (SSSR count). The zero-order valence-electron chi connectivity index (χ0n) is 16.2. The first-order valence-corrected chi connectivity index (χ1v) is 9.71. The summed E-state index contributed by atoms with van der Waals surface area (Å²) in [6, 6.07) is 28.0. The van der Waals surface area contributed by atoms with E-state index in [9.17, 15) is 13.2 Å². The summed E-state index contributed by atoms with van der Waals surface area (Å²) in [4.78, 5) is 0. The zero-order valence-corrected chi connectivity index (χ0v) is 16.2. The Hall–Kier alpha value is -3.53. The smallest absolute Gasteiger partial charge is 0.309 e. The maximum atomic E-state index is 14.0. The first-order valence-electron chi connectivity index (χ1n) is 9.71. The fraction of sp³-hybridized carbons (Fsp3) is 0.0769. The van der Waals surface area contributed by atoms with Crippen molar-refractivity contribution in [3.63, 3.8) is 0 Å². The molecule has 0 N–H and O–H groups in total. The Kier molecular flexibility index (Phi) is 4.17. The van der Waals surface area contributed by atoms with Crippen LogP contribution < -0.4 is 0 Å². The molecule has 1 heterocycles. The summed E-state index contributed by atoms with van der Waals surface area (Å²) in [5.74, 6) is 0. The number of para-hydroxylation sites is 3. The van der Waals surface area contributed by atoms with Crippen LogP contribution in [0.25, 0.3) is 38.6 Å². The van der Waals surface area contributed by atoms with Crippen LogP contribution in [0.4, 0.5) is 13.2 Å². The van der Waals surface area contributed by atoms with Gasteiger partial charge in [0.2, 0.25) is 0 Å². The molecule has 0 aliphatic rings. The third kappa shape index (κ3) is 2.79. The van der Waals surface area contributed by atoms with E-state index < -0.39 is 11.7 Å². The first kappa shape index (κ1) is 18.5. The Morgan fingerprint density at radius 3 is 1.77 bits per heavy atom. The van der Waals surface area contributed by atoms with E-state index in [0.717, 1.165) is 27.5 Å². The third-order valence-corrected chi connectivity index (χ3v) is 5.57. The molecule has 148 valence electrons. The lowest BCUT2D eigenvalue weighted by Gasteiger charge is -2.19. The second kappa shape index (κ2) is 6.77. The van der Waals surface area contributed by atoms with Crippen LogP contribution in [0.2, 0.25) is 0 Å². The highest BCUT2D eigenvalue weighted by Crippen LogP contribution is 2.42. The minimum atomic E-state index is -4.44. The summed E-state index contributed by atoms with van der Waals surface area (Å²) in [6.07, 6.45) is -4.44. The van der Waals surface area contributed by atoms with Crippen LogP contribution in [0.1, 0.15) is 11.1 Å². The largest absolute Gasteiger partial charge is 0.417 e. The van der Waals surface area contributed by atoms with Crippen molar-refractivity contribution in [2.24, 2.45) is 0 Å². The molecule has 0 saturated carbocycles. The first-order chi connectivity index (χ1) is 14.5. The molecule has 0 unspecified atom stereocenters. The molecule has 0 aliphatic heterocycles. The highest BCUT2D eigenvalue weighted by Gasteiger charge is 2.35. The SMILES string of the molecule is Cc1cccc(-c2ccccc2-n2c3ccccc3c3ccccc32)c1C(F)(F)F. The maximum Gasteiger partial charge on any atom is 0.417 e. The normalized spacial score (nSPS) is 12.0. The Morgan fingerprint density at radius 2 is 1.13 bits per heavy atom. The molecule has 0 fully saturated rings. The van der Waals surface area contributed by atoms with Crippen molar-refractivity contribution >= 4 is 21.8 Å². The molecule has 30 heavy (non-hydrogen) atoms. The van der Waals surface area contributed by atoms with Gasteiger partial charge in [-0.2, -0.15) is 13.2 Å². The predicted octanol–water partition coefficient (Wildman–Crippen LogP) is 7.78. The van der Waals surface area contributed by atoms with Gasteiger partial charge in [0.05, 0.1) is 22.3 Å². The average molecular weight is 401 g/mol. The van der Waals surface area contributed by atoms with Crippen LogP contribution in [-0.2, 0) is 6.18 Å². The topological polar surface area (TPSA) is 4.93 Å². The molecule has 0 saturated heterocycles. The zero-order chi connectivity index (χ0) is 20.9. The molecule has 5 aromatic rings. The van der Waals surface area contributed by atoms with Gasteiger partial charge in [0.1, 0.15) is 0 Å². The number of benzene rings is 4. The predicted molar refractivity (Wildman–Crippen MR) is 116 cm³/mol. The number of rotatable bonds is 2. The van der Waals surface area contributed by atoms with E-state index in [1.807, 2.05) is 60.7 Å². The molecule has 1 nitrogen and oxygen atoms in total. The van der Waals surface area contributed by atoms with Gasteiger partial charge < -0.3 is 4.57 Å². The number of nitrogens with zero attached hydrogens (tertiary/aromatic N) is 1. The molecule has 1 aromatic heterocycles. The Morgan fingerprint density at radius 1 is 0.600 bits per heavy atom. The molecule has 4 aromatic carbocycles. The van der Waals surface area contributed by atoms with Gasteiger partial charge in [0, 0.05) is 16.3 Å². The monoisotopic (exact) mass is 401 g/mol. The Bertz CT molecular complexity index is 1340. The summed E-state index contributed by atoms with van der Waals surface area (Å²) in [5, 5.41) is 2.14. The highest BCUT2D eigenvalue weighted by atomic mass is 19.4. The van der Waals surface area contributed by atoms with Gasteiger partial charge in [-0.05, 0) is 36.2 Å². The Labute approximate surface area is 172 Å². The molecule has 0 amide bonds. The molecule has 0 spiro atoms. The van der Waals surface area contributed by atoms with Crippen LogP contribution >= 0.6 is 0 Å². The second-order valence-electron chi connectivity index (χ2n) is 7.38. The molecule has 0 radical (unpaired) electrons. The van der Waals surface area contributed by atoms with Crippen molar-refractivity contribution in [3.8, 4) is 16.8 Å². The van der Waals surface area contributed by atoms with Gasteiger partial charge in [-0.15, -0.1) is 0 Å². The van der Waals surface area contributed by atoms with Gasteiger partial charge in [0.25, 0.3) is 0 Å². The lowest BCUT2D eigenvalue weighted by molar-refractivity contribution is -0.137. The van der Waals surface area contributed by atoms with E-state index in [1.165, 1.54) is 13.0 Å². The van der Waals surface area contributed by atoms with E-state index in [1.54, 1.807) is 24.3 Å². The van der Waals surface area contributed by atoms with E-state index >= 15 is 0 Å². The van der Waals surface area contributed by atoms with Gasteiger partial charge in [-0.25, -0.2) is 0 Å². The number of fused-ring (bicyclic) bond motifs is 3. The number of aromatic nitrogens is 1. The van der Waals surface area contributed by atoms with Crippen LogP contribution in [0.5, 0.6) is 0 Å². The van der Waals surface area contributed by atoms with Gasteiger partial charge >= 0.3 is 6.18 Å². The van der Waals surface area contributed by atoms with Crippen molar-refractivity contribution in [2.75, 3.05) is 0 Å². The molecule has 0 atom stereocenters. The molecular formula is C26H18F3N. The van der Waals surface area contributed by atoms with E-state index in [0.29, 0.717) is 5.56 Å². The molecule has 4 heteroatoms. The van der Waals surface area contributed by atoms with Crippen molar-refractivity contribution in [1.82, 2.24) is 4.57 Å². The van der Waals surface area contributed by atoms with Crippen LogP contribution in [-0.4, -0.2) is 4.57 Å². The minimum absolute atomic E-state index is 0.194. The van der Waals surface area contributed by atoms with E-state index in [-0.39, 0.29) is 11.1 Å². The van der Waals surface area contributed by atoms with Crippen LogP contribution in [0.3, 0.4) is 0 Å². The number of hydrogen-bond donors (Lipinski definition) is 0. The van der Waals surface area contributed by atoms with Crippen molar-refractivity contribution in [1.29, 1.82) is 0 Å².